The Kier molecular flexibility index (Phi) is 7.77. The molecular weight excluding hydrogens is 324 g/mol. The van der Waals surface area contributed by atoms with Crippen LogP contribution in [0.3, 0.4) is 0 Å². The van der Waals surface area contributed by atoms with Gasteiger partial charge < -0.3 is 15.2 Å². The second-order valence-electron chi connectivity index (χ2n) is 4.00. The summed E-state index contributed by atoms with van der Waals surface area (Å²) in [5.74, 6) is 0.224. The van der Waals surface area contributed by atoms with Crippen LogP contribution in [0.25, 0.3) is 0 Å². The lowest BCUT2D eigenvalue weighted by Gasteiger charge is -2.13. The van der Waals surface area contributed by atoms with Gasteiger partial charge in [0.05, 0.1) is 6.61 Å². The van der Waals surface area contributed by atoms with Crippen LogP contribution < -0.4 is 10.5 Å². The molecule has 0 saturated heterocycles. The summed E-state index contributed by atoms with van der Waals surface area (Å²) in [6.45, 7) is -0.952. The van der Waals surface area contributed by atoms with E-state index < -0.39 is 18.6 Å². The van der Waals surface area contributed by atoms with E-state index in [1.54, 1.807) is 13.0 Å². The number of benzene rings is 1. The van der Waals surface area contributed by atoms with Gasteiger partial charge in [0.2, 0.25) is 0 Å². The van der Waals surface area contributed by atoms with Crippen molar-refractivity contribution in [2.75, 3.05) is 12.4 Å². The maximum absolute atomic E-state index is 12.3. The molecule has 21 heavy (non-hydrogen) atoms. The van der Waals surface area contributed by atoms with Gasteiger partial charge in [-0.15, -0.1) is 0 Å². The van der Waals surface area contributed by atoms with Gasteiger partial charge in [-0.25, -0.2) is 0 Å². The SMILES string of the molecule is CCOC(=O)C(N)CSCc1cc(Cl)ccc1OC(F)F. The van der Waals surface area contributed by atoms with E-state index in [-0.39, 0.29) is 12.4 Å². The van der Waals surface area contributed by atoms with E-state index >= 15 is 0 Å². The van der Waals surface area contributed by atoms with Crippen LogP contribution in [0.15, 0.2) is 18.2 Å². The van der Waals surface area contributed by atoms with Crippen LogP contribution in [-0.4, -0.2) is 31.0 Å². The minimum atomic E-state index is -2.91. The lowest BCUT2D eigenvalue weighted by atomic mass is 10.2. The number of carbonyl (C=O) groups is 1. The van der Waals surface area contributed by atoms with E-state index in [0.717, 1.165) is 0 Å². The van der Waals surface area contributed by atoms with Gasteiger partial charge in [-0.1, -0.05) is 11.6 Å². The van der Waals surface area contributed by atoms with Gasteiger partial charge in [0, 0.05) is 22.1 Å². The average Bonchev–Trinajstić information content (AvgIpc) is 2.41. The standard InChI is InChI=1S/C13H16ClF2NO3S/c1-2-19-12(18)10(17)7-21-6-8-5-9(14)3-4-11(8)20-13(15)16/h3-5,10,13H,2,6-7,17H2,1H3. The number of thioether (sulfide) groups is 1. The van der Waals surface area contributed by atoms with Crippen LogP contribution in [-0.2, 0) is 15.3 Å². The number of alkyl halides is 2. The molecule has 1 rings (SSSR count). The molecule has 1 aromatic rings. The summed E-state index contributed by atoms with van der Waals surface area (Å²) in [5.41, 5.74) is 6.16. The first-order valence-electron chi connectivity index (χ1n) is 6.17. The van der Waals surface area contributed by atoms with Gasteiger partial charge >= 0.3 is 12.6 Å². The number of ether oxygens (including phenoxy) is 2. The molecule has 0 aromatic heterocycles. The topological polar surface area (TPSA) is 61.5 Å². The van der Waals surface area contributed by atoms with Crippen molar-refractivity contribution >= 4 is 29.3 Å². The zero-order valence-corrected chi connectivity index (χ0v) is 12.9. The van der Waals surface area contributed by atoms with Crippen molar-refractivity contribution in [2.24, 2.45) is 5.73 Å². The summed E-state index contributed by atoms with van der Waals surface area (Å²) in [5, 5.41) is 0.418. The second kappa shape index (κ2) is 9.07. The molecule has 118 valence electrons. The molecule has 2 N–H and O–H groups in total. The monoisotopic (exact) mass is 339 g/mol. The van der Waals surface area contributed by atoms with Crippen molar-refractivity contribution in [1.29, 1.82) is 0 Å². The predicted octanol–water partition coefficient (Wildman–Crippen LogP) is 3.07. The van der Waals surface area contributed by atoms with E-state index in [9.17, 15) is 13.6 Å². The summed E-state index contributed by atoms with van der Waals surface area (Å²) in [6, 6.07) is 3.64. The lowest BCUT2D eigenvalue weighted by molar-refractivity contribution is -0.144. The molecule has 0 bridgehead atoms. The van der Waals surface area contributed by atoms with E-state index in [4.69, 9.17) is 22.1 Å². The minimum absolute atomic E-state index is 0.0617. The fourth-order valence-electron chi connectivity index (χ4n) is 1.48. The molecular formula is C13H16ClF2NO3S. The summed E-state index contributed by atoms with van der Waals surface area (Å²) in [6.07, 6.45) is 0. The molecule has 0 amide bonds. The van der Waals surface area contributed by atoms with Crippen LogP contribution >= 0.6 is 23.4 Å². The highest BCUT2D eigenvalue weighted by Crippen LogP contribution is 2.28. The smallest absolute Gasteiger partial charge is 0.387 e. The molecule has 0 radical (unpaired) electrons. The van der Waals surface area contributed by atoms with Crippen LogP contribution in [0.1, 0.15) is 12.5 Å². The van der Waals surface area contributed by atoms with E-state index in [1.165, 1.54) is 23.9 Å². The van der Waals surface area contributed by atoms with Gasteiger partial charge in [0.15, 0.2) is 0 Å². The van der Waals surface area contributed by atoms with Crippen molar-refractivity contribution in [2.45, 2.75) is 25.3 Å². The lowest BCUT2D eigenvalue weighted by Crippen LogP contribution is -2.34. The molecule has 0 aliphatic carbocycles. The third-order valence-corrected chi connectivity index (χ3v) is 3.73. The first-order chi connectivity index (χ1) is 9.93. The normalized spacial score (nSPS) is 12.3. The van der Waals surface area contributed by atoms with E-state index in [0.29, 0.717) is 22.1 Å². The molecule has 1 aromatic carbocycles. The van der Waals surface area contributed by atoms with Crippen molar-refractivity contribution in [1.82, 2.24) is 0 Å². The summed E-state index contributed by atoms with van der Waals surface area (Å²) < 4.78 is 33.8. The molecule has 1 atom stereocenters. The van der Waals surface area contributed by atoms with Gasteiger partial charge in [0.1, 0.15) is 11.8 Å². The number of hydrogen-bond acceptors (Lipinski definition) is 5. The Balaban J connectivity index is 2.58. The van der Waals surface area contributed by atoms with Crippen molar-refractivity contribution in [3.8, 4) is 5.75 Å². The first-order valence-corrected chi connectivity index (χ1v) is 7.70. The maximum Gasteiger partial charge on any atom is 0.387 e. The highest BCUT2D eigenvalue weighted by atomic mass is 35.5. The Morgan fingerprint density at radius 1 is 1.48 bits per heavy atom. The zero-order chi connectivity index (χ0) is 15.8. The minimum Gasteiger partial charge on any atom is -0.465 e. The van der Waals surface area contributed by atoms with Crippen molar-refractivity contribution < 1.29 is 23.0 Å². The molecule has 1 unspecified atom stereocenters. The predicted molar refractivity (Wildman–Crippen MR) is 78.9 cm³/mol. The Bertz CT molecular complexity index is 477. The largest absolute Gasteiger partial charge is 0.465 e. The Morgan fingerprint density at radius 2 is 2.19 bits per heavy atom. The maximum atomic E-state index is 12.3. The molecule has 0 aliphatic rings. The number of rotatable bonds is 8. The van der Waals surface area contributed by atoms with Gasteiger partial charge in [-0.2, -0.15) is 20.5 Å². The number of halogens is 3. The van der Waals surface area contributed by atoms with Crippen LogP contribution in [0.4, 0.5) is 8.78 Å². The molecule has 0 spiro atoms. The molecule has 0 saturated carbocycles. The van der Waals surface area contributed by atoms with Gasteiger partial charge in [0.25, 0.3) is 0 Å². The zero-order valence-electron chi connectivity index (χ0n) is 11.4. The number of carbonyl (C=O) groups excluding carboxylic acids is 1. The molecule has 0 aliphatic heterocycles. The Labute approximate surface area is 130 Å². The third kappa shape index (κ3) is 6.50. The number of esters is 1. The quantitative estimate of drug-likeness (QED) is 0.737. The van der Waals surface area contributed by atoms with Crippen LogP contribution in [0, 0.1) is 0 Å². The third-order valence-electron chi connectivity index (χ3n) is 2.38. The molecule has 0 heterocycles. The fraction of sp³-hybridized carbons (Fsp3) is 0.462. The van der Waals surface area contributed by atoms with Crippen LogP contribution in [0.5, 0.6) is 5.75 Å². The fourth-order valence-corrected chi connectivity index (χ4v) is 2.63. The average molecular weight is 340 g/mol. The van der Waals surface area contributed by atoms with Crippen molar-refractivity contribution in [3.05, 3.63) is 28.8 Å². The van der Waals surface area contributed by atoms with Crippen molar-refractivity contribution in [3.63, 3.8) is 0 Å². The molecule has 0 fully saturated rings. The number of nitrogens with two attached hydrogens (primary N) is 1. The summed E-state index contributed by atoms with van der Waals surface area (Å²) >= 11 is 7.14. The van der Waals surface area contributed by atoms with Crippen LogP contribution in [0.2, 0.25) is 5.02 Å². The summed E-state index contributed by atoms with van der Waals surface area (Å²) in [4.78, 5) is 11.3. The van der Waals surface area contributed by atoms with Gasteiger partial charge in [-0.3, -0.25) is 4.79 Å². The highest BCUT2D eigenvalue weighted by molar-refractivity contribution is 7.98. The molecule has 8 heteroatoms. The Morgan fingerprint density at radius 3 is 2.81 bits per heavy atom. The second-order valence-corrected chi connectivity index (χ2v) is 5.47. The number of hydrogen-bond donors (Lipinski definition) is 1. The van der Waals surface area contributed by atoms with E-state index in [1.807, 2.05) is 0 Å². The van der Waals surface area contributed by atoms with E-state index in [2.05, 4.69) is 4.74 Å². The van der Waals surface area contributed by atoms with Gasteiger partial charge in [-0.05, 0) is 25.1 Å². The Hall–Kier alpha value is -1.05. The summed E-state index contributed by atoms with van der Waals surface area (Å²) in [7, 11) is 0. The molecule has 4 nitrogen and oxygen atoms in total. The highest BCUT2D eigenvalue weighted by Gasteiger charge is 2.15. The first kappa shape index (κ1) is 18.0.